The second-order valence-corrected chi connectivity index (χ2v) is 5.52. The van der Waals surface area contributed by atoms with E-state index in [2.05, 4.69) is 27.2 Å². The van der Waals surface area contributed by atoms with Crippen LogP contribution in [0.1, 0.15) is 16.5 Å². The highest BCUT2D eigenvalue weighted by Crippen LogP contribution is 2.21. The molecule has 3 heterocycles. The molecule has 2 aliphatic rings. The average molecular weight is 281 g/mol. The highest BCUT2D eigenvalue weighted by atomic mass is 16.5. The molecule has 1 unspecified atom stereocenters. The third-order valence-corrected chi connectivity index (χ3v) is 3.85. The summed E-state index contributed by atoms with van der Waals surface area (Å²) in [5, 5.41) is 16.3. The van der Waals surface area contributed by atoms with Crippen LogP contribution in [0.15, 0.2) is 6.20 Å². The monoisotopic (exact) mass is 281 g/mol. The quantitative estimate of drug-likeness (QED) is 0.770. The molecule has 1 N–H and O–H groups in total. The minimum Gasteiger partial charge on any atom is -0.476 e. The van der Waals surface area contributed by atoms with Crippen LogP contribution < -0.4 is 0 Å². The van der Waals surface area contributed by atoms with Crippen LogP contribution in [0.25, 0.3) is 0 Å². The molecule has 0 amide bonds. The van der Waals surface area contributed by atoms with E-state index in [1.165, 1.54) is 6.20 Å². The summed E-state index contributed by atoms with van der Waals surface area (Å²) in [6.45, 7) is 5.41. The van der Waals surface area contributed by atoms with Gasteiger partial charge in [0.25, 0.3) is 0 Å². The predicted octanol–water partition coefficient (Wildman–Crippen LogP) is -0.836. The van der Waals surface area contributed by atoms with Gasteiger partial charge in [0, 0.05) is 32.7 Å². The molecule has 3 rings (SSSR count). The van der Waals surface area contributed by atoms with E-state index < -0.39 is 5.97 Å². The maximum absolute atomic E-state index is 10.8. The summed E-state index contributed by atoms with van der Waals surface area (Å²) < 4.78 is 7.38. The fourth-order valence-corrected chi connectivity index (χ4v) is 2.68. The fourth-order valence-electron chi connectivity index (χ4n) is 2.68. The Labute approximate surface area is 116 Å². The first-order valence-electron chi connectivity index (χ1n) is 6.79. The summed E-state index contributed by atoms with van der Waals surface area (Å²) in [5.41, 5.74) is 0.000638. The largest absolute Gasteiger partial charge is 0.476 e. The molecule has 0 saturated carbocycles. The molecule has 110 valence electrons. The first-order chi connectivity index (χ1) is 9.61. The lowest BCUT2D eigenvalue weighted by molar-refractivity contribution is -0.0520. The Morgan fingerprint density at radius 2 is 2.30 bits per heavy atom. The van der Waals surface area contributed by atoms with Gasteiger partial charge >= 0.3 is 5.97 Å². The number of ether oxygens (including phenoxy) is 1. The summed E-state index contributed by atoms with van der Waals surface area (Å²) in [6, 6.07) is 0.219. The molecule has 8 nitrogen and oxygen atoms in total. The lowest BCUT2D eigenvalue weighted by Gasteiger charge is -2.42. The van der Waals surface area contributed by atoms with Crippen molar-refractivity contribution in [3.8, 4) is 0 Å². The Kier molecular flexibility index (Phi) is 3.68. The number of hydrogen-bond acceptors (Lipinski definition) is 6. The van der Waals surface area contributed by atoms with E-state index in [-0.39, 0.29) is 17.8 Å². The number of nitrogens with zero attached hydrogens (tertiary/aromatic N) is 5. The van der Waals surface area contributed by atoms with Crippen molar-refractivity contribution in [3.63, 3.8) is 0 Å². The second kappa shape index (κ2) is 5.47. The van der Waals surface area contributed by atoms with Crippen LogP contribution in [0.3, 0.4) is 0 Å². The summed E-state index contributed by atoms with van der Waals surface area (Å²) in [6.07, 6.45) is 1.76. The van der Waals surface area contributed by atoms with Gasteiger partial charge in [0.05, 0.1) is 24.9 Å². The number of carboxylic acids is 1. The molecule has 1 aromatic rings. The van der Waals surface area contributed by atoms with Crippen molar-refractivity contribution >= 4 is 5.97 Å². The smallest absolute Gasteiger partial charge is 0.358 e. The van der Waals surface area contributed by atoms with E-state index in [0.29, 0.717) is 0 Å². The summed E-state index contributed by atoms with van der Waals surface area (Å²) in [4.78, 5) is 15.3. The number of carbonyl (C=O) groups is 1. The minimum atomic E-state index is -1.04. The average Bonchev–Trinajstić information content (AvgIpc) is 2.82. The third kappa shape index (κ3) is 2.82. The van der Waals surface area contributed by atoms with Crippen LogP contribution >= 0.6 is 0 Å². The van der Waals surface area contributed by atoms with Gasteiger partial charge in [0.15, 0.2) is 5.69 Å². The third-order valence-electron chi connectivity index (χ3n) is 3.85. The molecule has 0 aromatic carbocycles. The molecule has 2 saturated heterocycles. The van der Waals surface area contributed by atoms with Gasteiger partial charge in [-0.3, -0.25) is 4.90 Å². The Morgan fingerprint density at radius 3 is 2.95 bits per heavy atom. The molecular formula is C12H19N5O3. The molecule has 2 aliphatic heterocycles. The zero-order chi connectivity index (χ0) is 14.1. The maximum Gasteiger partial charge on any atom is 0.358 e. The lowest BCUT2D eigenvalue weighted by atomic mass is 10.1. The van der Waals surface area contributed by atoms with Crippen LogP contribution in [0.4, 0.5) is 0 Å². The molecule has 8 heteroatoms. The Balaban J connectivity index is 1.47. The maximum atomic E-state index is 10.8. The molecule has 0 aliphatic carbocycles. The minimum absolute atomic E-state index is 0.000638. The van der Waals surface area contributed by atoms with Crippen molar-refractivity contribution in [1.29, 1.82) is 0 Å². The molecule has 0 spiro atoms. The van der Waals surface area contributed by atoms with E-state index in [1.807, 2.05) is 0 Å². The van der Waals surface area contributed by atoms with Crippen LogP contribution in [0, 0.1) is 0 Å². The summed E-state index contributed by atoms with van der Waals surface area (Å²) >= 11 is 0. The van der Waals surface area contributed by atoms with Gasteiger partial charge in [0.1, 0.15) is 0 Å². The topological polar surface area (TPSA) is 83.7 Å². The number of hydrogen-bond donors (Lipinski definition) is 1. The summed E-state index contributed by atoms with van der Waals surface area (Å²) in [5.74, 6) is -1.04. The predicted molar refractivity (Wildman–Crippen MR) is 69.7 cm³/mol. The fraction of sp³-hybridized carbons (Fsp3) is 0.750. The number of likely N-dealkylation sites (tertiary alicyclic amines) is 1. The van der Waals surface area contributed by atoms with Crippen LogP contribution in [0.2, 0.25) is 0 Å². The van der Waals surface area contributed by atoms with Gasteiger partial charge in [-0.05, 0) is 7.05 Å². The van der Waals surface area contributed by atoms with E-state index in [1.54, 1.807) is 4.68 Å². The Bertz CT molecular complexity index is 485. The van der Waals surface area contributed by atoms with Crippen LogP contribution in [-0.2, 0) is 4.74 Å². The Hall–Kier alpha value is -1.51. The number of likely N-dealkylation sites (N-methyl/N-ethyl adjacent to an activating group) is 1. The number of aromatic nitrogens is 3. The molecule has 1 atom stereocenters. The normalized spacial score (nSPS) is 25.6. The highest BCUT2D eigenvalue weighted by Gasteiger charge is 2.32. The van der Waals surface area contributed by atoms with E-state index in [4.69, 9.17) is 9.84 Å². The first kappa shape index (κ1) is 13.5. The Morgan fingerprint density at radius 1 is 1.50 bits per heavy atom. The van der Waals surface area contributed by atoms with E-state index >= 15 is 0 Å². The number of rotatable bonds is 4. The van der Waals surface area contributed by atoms with Crippen molar-refractivity contribution in [2.45, 2.75) is 12.1 Å². The lowest BCUT2D eigenvalue weighted by Crippen LogP contribution is -2.54. The first-order valence-corrected chi connectivity index (χ1v) is 6.79. The molecule has 20 heavy (non-hydrogen) atoms. The zero-order valence-electron chi connectivity index (χ0n) is 11.5. The van der Waals surface area contributed by atoms with Crippen molar-refractivity contribution < 1.29 is 14.6 Å². The summed E-state index contributed by atoms with van der Waals surface area (Å²) in [7, 11) is 2.11. The molecule has 2 fully saturated rings. The zero-order valence-corrected chi connectivity index (χ0v) is 11.5. The van der Waals surface area contributed by atoms with Crippen LogP contribution in [-0.4, -0.2) is 88.4 Å². The van der Waals surface area contributed by atoms with Crippen molar-refractivity contribution in [3.05, 3.63) is 11.9 Å². The standard InChI is InChI=1S/C12H19N5O3/c1-15-2-3-20-10(6-15)7-16-4-9(5-16)17-8-11(12(18)19)13-14-17/h8-10H,2-7H2,1H3,(H,18,19). The molecule has 1 aromatic heterocycles. The van der Waals surface area contributed by atoms with Crippen molar-refractivity contribution in [2.24, 2.45) is 0 Å². The van der Waals surface area contributed by atoms with Gasteiger partial charge < -0.3 is 14.7 Å². The number of morpholine rings is 1. The van der Waals surface area contributed by atoms with Crippen LogP contribution in [0.5, 0.6) is 0 Å². The highest BCUT2D eigenvalue weighted by molar-refractivity contribution is 5.84. The van der Waals surface area contributed by atoms with Gasteiger partial charge in [0.2, 0.25) is 0 Å². The van der Waals surface area contributed by atoms with Gasteiger partial charge in [-0.1, -0.05) is 5.21 Å². The molecule has 0 radical (unpaired) electrons. The second-order valence-electron chi connectivity index (χ2n) is 5.52. The van der Waals surface area contributed by atoms with E-state index in [0.717, 1.165) is 39.3 Å². The van der Waals surface area contributed by atoms with Gasteiger partial charge in [-0.2, -0.15) is 0 Å². The molecular weight excluding hydrogens is 262 g/mol. The SMILES string of the molecule is CN1CCOC(CN2CC(n3cc(C(=O)O)nn3)C2)C1. The number of aromatic carboxylic acids is 1. The molecule has 0 bridgehead atoms. The number of carboxylic acid groups (broad SMARTS) is 1. The van der Waals surface area contributed by atoms with E-state index in [9.17, 15) is 4.79 Å². The van der Waals surface area contributed by atoms with Crippen molar-refractivity contribution in [2.75, 3.05) is 46.4 Å². The van der Waals surface area contributed by atoms with Gasteiger partial charge in [-0.25, -0.2) is 9.48 Å². The van der Waals surface area contributed by atoms with Crippen molar-refractivity contribution in [1.82, 2.24) is 24.8 Å². The van der Waals surface area contributed by atoms with Gasteiger partial charge in [-0.15, -0.1) is 5.10 Å².